The summed E-state index contributed by atoms with van der Waals surface area (Å²) in [5.74, 6) is 2.83. The van der Waals surface area contributed by atoms with E-state index >= 15 is 0 Å². The molecule has 21 heavy (non-hydrogen) atoms. The molecule has 2 aliphatic rings. The Bertz CT molecular complexity index is 496. The number of hydrogen-bond donors (Lipinski definition) is 0. The van der Waals surface area contributed by atoms with Crippen molar-refractivity contribution in [1.29, 1.82) is 0 Å². The lowest BCUT2D eigenvalue weighted by Gasteiger charge is -2.42. The summed E-state index contributed by atoms with van der Waals surface area (Å²) in [6, 6.07) is 0. The third-order valence-corrected chi connectivity index (χ3v) is 4.21. The van der Waals surface area contributed by atoms with Crippen LogP contribution in [0.25, 0.3) is 0 Å². The zero-order valence-corrected chi connectivity index (χ0v) is 13.5. The second-order valence-electron chi connectivity index (χ2n) is 6.93. The van der Waals surface area contributed by atoms with E-state index in [4.69, 9.17) is 9.47 Å². The standard InChI is InChI=1S/C15H26N4O2/c1-15(2)10-19(7-12(21-15)9-20-4)8-13-16-17-14(18(13)3)11-5-6-11/h11-12H,5-10H2,1-4H3. The Morgan fingerprint density at radius 1 is 1.33 bits per heavy atom. The lowest BCUT2D eigenvalue weighted by Crippen LogP contribution is -2.53. The molecule has 1 saturated heterocycles. The number of aromatic nitrogens is 3. The first-order valence-corrected chi connectivity index (χ1v) is 7.76. The number of rotatable bonds is 5. The first-order valence-electron chi connectivity index (χ1n) is 7.76. The molecule has 118 valence electrons. The van der Waals surface area contributed by atoms with Crippen LogP contribution in [0.5, 0.6) is 0 Å². The molecule has 1 aliphatic carbocycles. The van der Waals surface area contributed by atoms with Gasteiger partial charge in [0.15, 0.2) is 0 Å². The minimum atomic E-state index is -0.153. The van der Waals surface area contributed by atoms with Crippen LogP contribution in [0.1, 0.15) is 44.3 Å². The maximum atomic E-state index is 6.06. The van der Waals surface area contributed by atoms with Crippen molar-refractivity contribution >= 4 is 0 Å². The maximum absolute atomic E-state index is 6.06. The summed E-state index contributed by atoms with van der Waals surface area (Å²) in [5.41, 5.74) is -0.153. The number of ether oxygens (including phenoxy) is 2. The fourth-order valence-electron chi connectivity index (χ4n) is 3.22. The molecule has 1 saturated carbocycles. The van der Waals surface area contributed by atoms with Crippen molar-refractivity contribution in [3.63, 3.8) is 0 Å². The fraction of sp³-hybridized carbons (Fsp3) is 0.867. The number of methoxy groups -OCH3 is 1. The van der Waals surface area contributed by atoms with Gasteiger partial charge < -0.3 is 14.0 Å². The molecule has 1 aromatic rings. The van der Waals surface area contributed by atoms with Gasteiger partial charge in [-0.15, -0.1) is 10.2 Å². The summed E-state index contributed by atoms with van der Waals surface area (Å²) in [7, 11) is 3.81. The third-order valence-electron chi connectivity index (χ3n) is 4.21. The van der Waals surface area contributed by atoms with Crippen LogP contribution < -0.4 is 0 Å². The second kappa shape index (κ2) is 5.66. The van der Waals surface area contributed by atoms with E-state index in [-0.39, 0.29) is 11.7 Å². The van der Waals surface area contributed by atoms with Crippen molar-refractivity contribution in [2.45, 2.75) is 50.9 Å². The molecular formula is C15H26N4O2. The van der Waals surface area contributed by atoms with E-state index in [0.29, 0.717) is 12.5 Å². The van der Waals surface area contributed by atoms with Gasteiger partial charge in [0.2, 0.25) is 0 Å². The average molecular weight is 294 g/mol. The molecule has 0 spiro atoms. The predicted molar refractivity (Wildman–Crippen MR) is 79.1 cm³/mol. The molecule has 1 aliphatic heterocycles. The van der Waals surface area contributed by atoms with Crippen molar-refractivity contribution in [2.75, 3.05) is 26.8 Å². The van der Waals surface area contributed by atoms with Crippen LogP contribution in [0.3, 0.4) is 0 Å². The molecule has 0 amide bonds. The van der Waals surface area contributed by atoms with Gasteiger partial charge in [-0.2, -0.15) is 0 Å². The van der Waals surface area contributed by atoms with Gasteiger partial charge in [-0.3, -0.25) is 4.90 Å². The van der Waals surface area contributed by atoms with Gasteiger partial charge in [-0.25, -0.2) is 0 Å². The SMILES string of the molecule is COCC1CN(Cc2nnc(C3CC3)n2C)CC(C)(C)O1. The number of morpholine rings is 1. The van der Waals surface area contributed by atoms with E-state index < -0.39 is 0 Å². The summed E-state index contributed by atoms with van der Waals surface area (Å²) >= 11 is 0. The van der Waals surface area contributed by atoms with Gasteiger partial charge in [0.25, 0.3) is 0 Å². The quantitative estimate of drug-likeness (QED) is 0.820. The minimum absolute atomic E-state index is 0.120. The lowest BCUT2D eigenvalue weighted by molar-refractivity contribution is -0.154. The molecule has 0 aromatic carbocycles. The summed E-state index contributed by atoms with van der Waals surface area (Å²) in [5, 5.41) is 8.75. The Labute approximate surface area is 126 Å². The predicted octanol–water partition coefficient (Wildman–Crippen LogP) is 1.32. The molecular weight excluding hydrogens is 268 g/mol. The van der Waals surface area contributed by atoms with Crippen LogP contribution in [0, 0.1) is 0 Å². The van der Waals surface area contributed by atoms with Gasteiger partial charge in [0, 0.05) is 33.2 Å². The molecule has 1 atom stereocenters. The molecule has 2 fully saturated rings. The van der Waals surface area contributed by atoms with Crippen LogP contribution in [0.4, 0.5) is 0 Å². The monoisotopic (exact) mass is 294 g/mol. The molecule has 1 unspecified atom stereocenters. The van der Waals surface area contributed by atoms with E-state index in [1.54, 1.807) is 7.11 Å². The highest BCUT2D eigenvalue weighted by Crippen LogP contribution is 2.38. The van der Waals surface area contributed by atoms with Crippen LogP contribution >= 0.6 is 0 Å². The van der Waals surface area contributed by atoms with Crippen LogP contribution in [0.15, 0.2) is 0 Å². The molecule has 1 aromatic heterocycles. The molecule has 0 N–H and O–H groups in total. The van der Waals surface area contributed by atoms with E-state index in [1.165, 1.54) is 12.8 Å². The number of hydrogen-bond acceptors (Lipinski definition) is 5. The molecule has 0 radical (unpaired) electrons. The summed E-state index contributed by atoms with van der Waals surface area (Å²) in [4.78, 5) is 2.40. The number of nitrogens with zero attached hydrogens (tertiary/aromatic N) is 4. The van der Waals surface area contributed by atoms with Crippen LogP contribution in [-0.2, 0) is 23.1 Å². The van der Waals surface area contributed by atoms with Gasteiger partial charge in [-0.05, 0) is 26.7 Å². The smallest absolute Gasteiger partial charge is 0.146 e. The Balaban J connectivity index is 1.68. The largest absolute Gasteiger partial charge is 0.382 e. The van der Waals surface area contributed by atoms with Crippen molar-refractivity contribution in [2.24, 2.45) is 7.05 Å². The van der Waals surface area contributed by atoms with Crippen molar-refractivity contribution in [3.8, 4) is 0 Å². The molecule has 0 bridgehead atoms. The lowest BCUT2D eigenvalue weighted by atomic mass is 10.1. The van der Waals surface area contributed by atoms with Crippen molar-refractivity contribution in [3.05, 3.63) is 11.6 Å². The molecule has 6 heteroatoms. The zero-order valence-electron chi connectivity index (χ0n) is 13.5. The topological polar surface area (TPSA) is 52.4 Å². The van der Waals surface area contributed by atoms with Gasteiger partial charge in [0.1, 0.15) is 11.6 Å². The zero-order chi connectivity index (χ0) is 15.0. The van der Waals surface area contributed by atoms with Crippen LogP contribution in [-0.4, -0.2) is 58.2 Å². The van der Waals surface area contributed by atoms with E-state index in [0.717, 1.165) is 31.3 Å². The molecule has 6 nitrogen and oxygen atoms in total. The Kier molecular flexibility index (Phi) is 4.03. The second-order valence-corrected chi connectivity index (χ2v) is 6.93. The highest BCUT2D eigenvalue weighted by Gasteiger charge is 2.34. The Morgan fingerprint density at radius 3 is 2.76 bits per heavy atom. The van der Waals surface area contributed by atoms with Crippen LogP contribution in [0.2, 0.25) is 0 Å². The van der Waals surface area contributed by atoms with Gasteiger partial charge >= 0.3 is 0 Å². The molecule has 3 rings (SSSR count). The normalized spacial score (nSPS) is 26.2. The minimum Gasteiger partial charge on any atom is -0.382 e. The maximum Gasteiger partial charge on any atom is 0.146 e. The average Bonchev–Trinajstić information content (AvgIpc) is 3.15. The first-order chi connectivity index (χ1) is 9.98. The summed E-state index contributed by atoms with van der Waals surface area (Å²) in [6.07, 6.45) is 2.63. The highest BCUT2D eigenvalue weighted by atomic mass is 16.5. The summed E-state index contributed by atoms with van der Waals surface area (Å²) < 4.78 is 13.5. The van der Waals surface area contributed by atoms with Crippen molar-refractivity contribution in [1.82, 2.24) is 19.7 Å². The van der Waals surface area contributed by atoms with Gasteiger partial charge in [-0.1, -0.05) is 0 Å². The van der Waals surface area contributed by atoms with Gasteiger partial charge in [0.05, 0.1) is 24.9 Å². The summed E-state index contributed by atoms with van der Waals surface area (Å²) in [6.45, 7) is 7.50. The van der Waals surface area contributed by atoms with Crippen molar-refractivity contribution < 1.29 is 9.47 Å². The third kappa shape index (κ3) is 3.44. The highest BCUT2D eigenvalue weighted by molar-refractivity contribution is 5.08. The Morgan fingerprint density at radius 2 is 2.10 bits per heavy atom. The van der Waals surface area contributed by atoms with E-state index in [1.807, 2.05) is 0 Å². The van der Waals surface area contributed by atoms with E-state index in [9.17, 15) is 0 Å². The fourth-order valence-corrected chi connectivity index (χ4v) is 3.22. The first kappa shape index (κ1) is 14.9. The molecule has 2 heterocycles. The Hall–Kier alpha value is -0.980. The van der Waals surface area contributed by atoms with E-state index in [2.05, 4.69) is 40.6 Å².